The Morgan fingerprint density at radius 1 is 1.17 bits per heavy atom. The number of methoxy groups -OCH3 is 1. The van der Waals surface area contributed by atoms with Crippen molar-refractivity contribution in [2.45, 2.75) is 6.42 Å². The van der Waals surface area contributed by atoms with Gasteiger partial charge in [0, 0.05) is 20.3 Å². The predicted molar refractivity (Wildman–Crippen MR) is 83.5 cm³/mol. The van der Waals surface area contributed by atoms with Crippen molar-refractivity contribution in [3.05, 3.63) is 53.5 Å². The molecule has 1 heterocycles. The van der Waals surface area contributed by atoms with Gasteiger partial charge in [-0.25, -0.2) is 18.2 Å². The van der Waals surface area contributed by atoms with E-state index in [-0.39, 0.29) is 0 Å². The van der Waals surface area contributed by atoms with Crippen molar-refractivity contribution in [2.75, 3.05) is 30.9 Å². The molecule has 2 N–H and O–H groups in total. The smallest absolute Gasteiger partial charge is 0.258 e. The number of amides is 1. The molecular formula is C16H16F3N3O2. The molecule has 1 aromatic heterocycles. The minimum Gasteiger partial charge on any atom is -0.385 e. The highest BCUT2D eigenvalue weighted by Crippen LogP contribution is 2.17. The third-order valence-electron chi connectivity index (χ3n) is 3.13. The van der Waals surface area contributed by atoms with Gasteiger partial charge in [0.2, 0.25) is 0 Å². The zero-order valence-corrected chi connectivity index (χ0v) is 12.9. The zero-order valence-electron chi connectivity index (χ0n) is 12.9. The summed E-state index contributed by atoms with van der Waals surface area (Å²) in [6, 6.07) is 4.76. The second-order valence-corrected chi connectivity index (χ2v) is 4.88. The summed E-state index contributed by atoms with van der Waals surface area (Å²) in [6.07, 6.45) is 2.18. The first-order valence-electron chi connectivity index (χ1n) is 7.16. The minimum atomic E-state index is -1.68. The summed E-state index contributed by atoms with van der Waals surface area (Å²) >= 11 is 0. The van der Waals surface area contributed by atoms with Crippen LogP contribution in [0, 0.1) is 17.5 Å². The molecule has 0 spiro atoms. The van der Waals surface area contributed by atoms with E-state index < -0.39 is 28.9 Å². The predicted octanol–water partition coefficient (Wildman–Crippen LogP) is 3.20. The molecule has 0 bridgehead atoms. The topological polar surface area (TPSA) is 63.2 Å². The van der Waals surface area contributed by atoms with Gasteiger partial charge in [-0.3, -0.25) is 4.79 Å². The number of hydrogen-bond acceptors (Lipinski definition) is 4. The molecule has 0 aliphatic heterocycles. The molecule has 5 nitrogen and oxygen atoms in total. The number of halogens is 3. The lowest BCUT2D eigenvalue weighted by atomic mass is 10.2. The summed E-state index contributed by atoms with van der Waals surface area (Å²) in [5, 5.41) is 5.43. The van der Waals surface area contributed by atoms with E-state index in [2.05, 4.69) is 15.6 Å². The molecule has 0 saturated heterocycles. The number of rotatable bonds is 7. The molecule has 2 aromatic rings. The highest BCUT2D eigenvalue weighted by molar-refractivity contribution is 6.04. The van der Waals surface area contributed by atoms with Crippen LogP contribution in [0.15, 0.2) is 30.5 Å². The Morgan fingerprint density at radius 2 is 1.96 bits per heavy atom. The first-order chi connectivity index (χ1) is 11.5. The van der Waals surface area contributed by atoms with E-state index in [1.54, 1.807) is 19.2 Å². The second-order valence-electron chi connectivity index (χ2n) is 4.88. The van der Waals surface area contributed by atoms with Gasteiger partial charge in [-0.2, -0.15) is 0 Å². The third kappa shape index (κ3) is 4.45. The van der Waals surface area contributed by atoms with E-state index in [0.717, 1.165) is 12.5 Å². The molecule has 0 aliphatic carbocycles. The fraction of sp³-hybridized carbons (Fsp3) is 0.250. The normalized spacial score (nSPS) is 10.5. The Morgan fingerprint density at radius 3 is 2.62 bits per heavy atom. The van der Waals surface area contributed by atoms with E-state index in [4.69, 9.17) is 4.74 Å². The summed E-state index contributed by atoms with van der Waals surface area (Å²) in [6.45, 7) is 1.30. The molecule has 8 heteroatoms. The number of nitrogens with one attached hydrogen (secondary N) is 2. The number of anilines is 2. The Bertz CT molecular complexity index is 708. The highest BCUT2D eigenvalue weighted by atomic mass is 19.2. The number of carbonyl (C=O) groups is 1. The molecule has 0 radical (unpaired) electrons. The molecular weight excluding hydrogens is 323 g/mol. The zero-order chi connectivity index (χ0) is 17.5. The second kappa shape index (κ2) is 8.30. The van der Waals surface area contributed by atoms with Gasteiger partial charge in [-0.1, -0.05) is 0 Å². The van der Waals surface area contributed by atoms with Crippen LogP contribution < -0.4 is 10.6 Å². The number of nitrogens with zero attached hydrogens (tertiary/aromatic N) is 1. The van der Waals surface area contributed by atoms with Crippen LogP contribution in [-0.2, 0) is 4.74 Å². The Balaban J connectivity index is 1.98. The first kappa shape index (κ1) is 17.7. The molecule has 0 atom stereocenters. The lowest BCUT2D eigenvalue weighted by Crippen LogP contribution is -2.15. The Kier molecular flexibility index (Phi) is 6.14. The number of ether oxygens (including phenoxy) is 1. The summed E-state index contributed by atoms with van der Waals surface area (Å²) in [7, 11) is 1.62. The van der Waals surface area contributed by atoms with E-state index >= 15 is 0 Å². The molecule has 0 unspecified atom stereocenters. The maximum atomic E-state index is 13.6. The van der Waals surface area contributed by atoms with Crippen LogP contribution >= 0.6 is 0 Å². The van der Waals surface area contributed by atoms with E-state index in [9.17, 15) is 18.0 Å². The molecule has 0 fully saturated rings. The molecule has 1 aromatic carbocycles. The van der Waals surface area contributed by atoms with Gasteiger partial charge in [0.1, 0.15) is 5.82 Å². The van der Waals surface area contributed by atoms with Gasteiger partial charge >= 0.3 is 0 Å². The lowest BCUT2D eigenvalue weighted by molar-refractivity contribution is 0.102. The van der Waals surface area contributed by atoms with Crippen molar-refractivity contribution >= 4 is 17.4 Å². The Hall–Kier alpha value is -2.61. The lowest BCUT2D eigenvalue weighted by Gasteiger charge is -2.08. The van der Waals surface area contributed by atoms with Gasteiger partial charge in [-0.15, -0.1) is 0 Å². The van der Waals surface area contributed by atoms with Gasteiger partial charge < -0.3 is 15.4 Å². The molecule has 24 heavy (non-hydrogen) atoms. The number of carbonyl (C=O) groups excluding carboxylic acids is 1. The quantitative estimate of drug-likeness (QED) is 0.601. The van der Waals surface area contributed by atoms with Crippen LogP contribution in [0.3, 0.4) is 0 Å². The van der Waals surface area contributed by atoms with Gasteiger partial charge in [0.15, 0.2) is 17.5 Å². The van der Waals surface area contributed by atoms with Crippen LogP contribution in [-0.4, -0.2) is 31.2 Å². The van der Waals surface area contributed by atoms with Crippen molar-refractivity contribution in [3.63, 3.8) is 0 Å². The van der Waals surface area contributed by atoms with Crippen molar-refractivity contribution in [1.82, 2.24) is 4.98 Å². The van der Waals surface area contributed by atoms with Crippen LogP contribution in [0.5, 0.6) is 0 Å². The van der Waals surface area contributed by atoms with Crippen LogP contribution in [0.1, 0.15) is 16.8 Å². The monoisotopic (exact) mass is 339 g/mol. The maximum Gasteiger partial charge on any atom is 0.258 e. The third-order valence-corrected chi connectivity index (χ3v) is 3.13. The fourth-order valence-electron chi connectivity index (χ4n) is 1.91. The van der Waals surface area contributed by atoms with Crippen molar-refractivity contribution in [1.29, 1.82) is 0 Å². The standard InChI is InChI=1S/C16H16F3N3O2/c1-24-8-2-7-20-13-6-3-10(9-21-13)22-16(23)11-4-5-12(17)15(19)14(11)18/h3-6,9H,2,7-8H2,1H3,(H,20,21)(H,22,23). The van der Waals surface area contributed by atoms with E-state index in [1.165, 1.54) is 6.20 Å². The summed E-state index contributed by atoms with van der Waals surface area (Å²) < 4.78 is 44.5. The SMILES string of the molecule is COCCCNc1ccc(NC(=O)c2ccc(F)c(F)c2F)cn1. The number of pyridine rings is 1. The molecule has 0 saturated carbocycles. The van der Waals surface area contributed by atoms with Crippen molar-refractivity contribution in [2.24, 2.45) is 0 Å². The molecule has 2 rings (SSSR count). The highest BCUT2D eigenvalue weighted by Gasteiger charge is 2.18. The Labute approximate surface area is 136 Å². The summed E-state index contributed by atoms with van der Waals surface area (Å²) in [5.74, 6) is -4.86. The van der Waals surface area contributed by atoms with Crippen molar-refractivity contribution < 1.29 is 22.7 Å². The summed E-state index contributed by atoms with van der Waals surface area (Å²) in [4.78, 5) is 16.0. The van der Waals surface area contributed by atoms with Crippen LogP contribution in [0.2, 0.25) is 0 Å². The number of benzene rings is 1. The van der Waals surface area contributed by atoms with E-state index in [1.807, 2.05) is 0 Å². The van der Waals surface area contributed by atoms with Crippen molar-refractivity contribution in [3.8, 4) is 0 Å². The largest absolute Gasteiger partial charge is 0.385 e. The number of aromatic nitrogens is 1. The first-order valence-corrected chi connectivity index (χ1v) is 7.16. The van der Waals surface area contributed by atoms with Gasteiger partial charge in [0.25, 0.3) is 5.91 Å². The van der Waals surface area contributed by atoms with Crippen LogP contribution in [0.4, 0.5) is 24.7 Å². The van der Waals surface area contributed by atoms with E-state index in [0.29, 0.717) is 30.7 Å². The maximum absolute atomic E-state index is 13.6. The average Bonchev–Trinajstić information content (AvgIpc) is 2.58. The van der Waals surface area contributed by atoms with Gasteiger partial charge in [0.05, 0.1) is 17.4 Å². The van der Waals surface area contributed by atoms with Crippen LogP contribution in [0.25, 0.3) is 0 Å². The number of hydrogen-bond donors (Lipinski definition) is 2. The van der Waals surface area contributed by atoms with Gasteiger partial charge in [-0.05, 0) is 30.7 Å². The molecule has 128 valence electrons. The fourth-order valence-corrected chi connectivity index (χ4v) is 1.91. The average molecular weight is 339 g/mol. The molecule has 0 aliphatic rings. The molecule has 1 amide bonds. The minimum absolute atomic E-state index is 0.298. The summed E-state index contributed by atoms with van der Waals surface area (Å²) in [5.41, 5.74) is -0.290.